The van der Waals surface area contributed by atoms with Gasteiger partial charge in [-0.25, -0.2) is 0 Å². The number of likely N-dealkylation sites (tertiary alicyclic amines) is 1. The van der Waals surface area contributed by atoms with Crippen molar-refractivity contribution in [3.63, 3.8) is 0 Å². The fourth-order valence-electron chi connectivity index (χ4n) is 4.86. The van der Waals surface area contributed by atoms with Gasteiger partial charge in [-0.05, 0) is 36.4 Å². The molecule has 3 aliphatic heterocycles. The van der Waals surface area contributed by atoms with Gasteiger partial charge in [0.2, 0.25) is 11.8 Å². The van der Waals surface area contributed by atoms with E-state index in [4.69, 9.17) is 16.3 Å². The van der Waals surface area contributed by atoms with Crippen LogP contribution in [0.25, 0.3) is 0 Å². The molecule has 0 aliphatic carbocycles. The van der Waals surface area contributed by atoms with E-state index in [1.807, 2.05) is 23.1 Å². The van der Waals surface area contributed by atoms with Crippen molar-refractivity contribution in [3.8, 4) is 5.75 Å². The molecule has 0 bridgehead atoms. The molecule has 2 fully saturated rings. The highest BCUT2D eigenvalue weighted by Crippen LogP contribution is 2.39. The number of carbonyl (C=O) groups is 3. The van der Waals surface area contributed by atoms with E-state index in [-0.39, 0.29) is 29.9 Å². The van der Waals surface area contributed by atoms with E-state index < -0.39 is 5.60 Å². The number of hydrogen-bond acceptors (Lipinski definition) is 4. The summed E-state index contributed by atoms with van der Waals surface area (Å²) in [5.74, 6) is 0.334. The third-order valence-electron chi connectivity index (χ3n) is 6.60. The molecule has 3 aliphatic rings. The molecule has 3 heterocycles. The highest BCUT2D eigenvalue weighted by atomic mass is 35.5. The summed E-state index contributed by atoms with van der Waals surface area (Å²) < 4.78 is 6.25. The highest BCUT2D eigenvalue weighted by molar-refractivity contribution is 6.30. The van der Waals surface area contributed by atoms with E-state index in [9.17, 15) is 14.4 Å². The average molecular weight is 439 g/mol. The molecular formula is C24H23ClN2O4. The second kappa shape index (κ2) is 7.68. The number of fused-ring (bicyclic) bond motifs is 1. The number of para-hydroxylation sites is 1. The molecule has 31 heavy (non-hydrogen) atoms. The second-order valence-electron chi connectivity index (χ2n) is 8.59. The fraction of sp³-hybridized carbons (Fsp3) is 0.375. The van der Waals surface area contributed by atoms with Crippen molar-refractivity contribution < 1.29 is 19.1 Å². The van der Waals surface area contributed by atoms with Gasteiger partial charge in [-0.15, -0.1) is 0 Å². The Kier molecular flexibility index (Phi) is 4.97. The molecule has 1 atom stereocenters. The normalized spacial score (nSPS) is 22.4. The molecule has 2 saturated heterocycles. The lowest BCUT2D eigenvalue weighted by Gasteiger charge is -2.44. The summed E-state index contributed by atoms with van der Waals surface area (Å²) in [5.41, 5.74) is 0.858. The van der Waals surface area contributed by atoms with Crippen LogP contribution in [0, 0.1) is 5.92 Å². The zero-order valence-electron chi connectivity index (χ0n) is 17.1. The SMILES string of the molecule is O=C1CC2(CCN(C(=O)[C@@H]3CC(=O)N(c4ccc(Cl)cc4)C3)CC2)Oc2ccccc21. The van der Waals surface area contributed by atoms with Gasteiger partial charge < -0.3 is 14.5 Å². The Morgan fingerprint density at radius 1 is 1.03 bits per heavy atom. The number of amides is 2. The van der Waals surface area contributed by atoms with Gasteiger partial charge in [0.1, 0.15) is 11.4 Å². The van der Waals surface area contributed by atoms with Crippen molar-refractivity contribution in [1.82, 2.24) is 4.90 Å². The number of benzene rings is 2. The first-order valence-electron chi connectivity index (χ1n) is 10.6. The second-order valence-corrected chi connectivity index (χ2v) is 9.02. The first kappa shape index (κ1) is 20.1. The topological polar surface area (TPSA) is 66.9 Å². The molecule has 1 spiro atoms. The summed E-state index contributed by atoms with van der Waals surface area (Å²) in [6, 6.07) is 14.4. The van der Waals surface area contributed by atoms with Crippen molar-refractivity contribution >= 4 is 34.9 Å². The Morgan fingerprint density at radius 2 is 1.74 bits per heavy atom. The standard InChI is InChI=1S/C24H23ClN2O4/c25-17-5-7-18(8-6-17)27-15-16(13-22(27)29)23(30)26-11-9-24(10-12-26)14-20(28)19-3-1-2-4-21(19)31-24/h1-8,16H,9-15H2/t16-/m1/s1. The van der Waals surface area contributed by atoms with Crippen LogP contribution in [0.3, 0.4) is 0 Å². The number of ether oxygens (including phenoxy) is 1. The van der Waals surface area contributed by atoms with Crippen molar-refractivity contribution in [3.05, 3.63) is 59.1 Å². The molecule has 160 valence electrons. The van der Waals surface area contributed by atoms with Gasteiger partial charge in [0.05, 0.1) is 17.9 Å². The van der Waals surface area contributed by atoms with E-state index in [1.54, 1.807) is 35.2 Å². The number of nitrogens with zero attached hydrogens (tertiary/aromatic N) is 2. The van der Waals surface area contributed by atoms with Crippen LogP contribution < -0.4 is 9.64 Å². The first-order valence-corrected chi connectivity index (χ1v) is 11.0. The minimum Gasteiger partial charge on any atom is -0.486 e. The molecule has 0 aromatic heterocycles. The lowest BCUT2D eigenvalue weighted by Crippen LogP contribution is -2.53. The van der Waals surface area contributed by atoms with Gasteiger partial charge in [0.15, 0.2) is 5.78 Å². The Labute approximate surface area is 185 Å². The summed E-state index contributed by atoms with van der Waals surface area (Å²) in [7, 11) is 0. The largest absolute Gasteiger partial charge is 0.486 e. The third kappa shape index (κ3) is 3.69. The quantitative estimate of drug-likeness (QED) is 0.716. The van der Waals surface area contributed by atoms with E-state index in [0.29, 0.717) is 55.2 Å². The van der Waals surface area contributed by atoms with Gasteiger partial charge in [0, 0.05) is 49.6 Å². The number of piperidine rings is 1. The van der Waals surface area contributed by atoms with E-state index >= 15 is 0 Å². The summed E-state index contributed by atoms with van der Waals surface area (Å²) in [4.78, 5) is 41.7. The number of anilines is 1. The molecular weight excluding hydrogens is 416 g/mol. The maximum Gasteiger partial charge on any atom is 0.228 e. The Balaban J connectivity index is 1.23. The molecule has 5 rings (SSSR count). The fourth-order valence-corrected chi connectivity index (χ4v) is 4.98. The number of halogens is 1. The zero-order chi connectivity index (χ0) is 21.6. The first-order chi connectivity index (χ1) is 14.9. The Morgan fingerprint density at radius 3 is 2.48 bits per heavy atom. The van der Waals surface area contributed by atoms with Crippen LogP contribution in [0.15, 0.2) is 48.5 Å². The van der Waals surface area contributed by atoms with E-state index in [1.165, 1.54) is 0 Å². The number of ketones is 1. The Hall–Kier alpha value is -2.86. The highest BCUT2D eigenvalue weighted by Gasteiger charge is 2.45. The van der Waals surface area contributed by atoms with Crippen LogP contribution in [-0.2, 0) is 9.59 Å². The average Bonchev–Trinajstić information content (AvgIpc) is 3.16. The monoisotopic (exact) mass is 438 g/mol. The molecule has 0 unspecified atom stereocenters. The summed E-state index contributed by atoms with van der Waals surface area (Å²) >= 11 is 5.94. The molecule has 0 radical (unpaired) electrons. The van der Waals surface area contributed by atoms with Crippen LogP contribution in [0.1, 0.15) is 36.0 Å². The minimum atomic E-state index is -0.539. The molecule has 0 saturated carbocycles. The summed E-state index contributed by atoms with van der Waals surface area (Å²) in [6.07, 6.45) is 1.78. The predicted octanol–water partition coefficient (Wildman–Crippen LogP) is 3.72. The predicted molar refractivity (Wildman–Crippen MR) is 116 cm³/mol. The van der Waals surface area contributed by atoms with Crippen LogP contribution >= 0.6 is 11.6 Å². The van der Waals surface area contributed by atoms with Gasteiger partial charge in [0.25, 0.3) is 0 Å². The van der Waals surface area contributed by atoms with Gasteiger partial charge in [-0.3, -0.25) is 14.4 Å². The van der Waals surface area contributed by atoms with E-state index in [0.717, 1.165) is 5.69 Å². The van der Waals surface area contributed by atoms with Crippen LogP contribution in [0.2, 0.25) is 5.02 Å². The molecule has 6 nitrogen and oxygen atoms in total. The van der Waals surface area contributed by atoms with Crippen molar-refractivity contribution in [1.29, 1.82) is 0 Å². The molecule has 7 heteroatoms. The number of hydrogen-bond donors (Lipinski definition) is 0. The molecule has 0 N–H and O–H groups in total. The maximum atomic E-state index is 13.1. The maximum absolute atomic E-state index is 13.1. The van der Waals surface area contributed by atoms with Crippen molar-refractivity contribution in [2.24, 2.45) is 5.92 Å². The smallest absolute Gasteiger partial charge is 0.228 e. The minimum absolute atomic E-state index is 0.00204. The lowest BCUT2D eigenvalue weighted by atomic mass is 9.82. The van der Waals surface area contributed by atoms with Gasteiger partial charge >= 0.3 is 0 Å². The van der Waals surface area contributed by atoms with Gasteiger partial charge in [-0.1, -0.05) is 23.7 Å². The van der Waals surface area contributed by atoms with Gasteiger partial charge in [-0.2, -0.15) is 0 Å². The lowest BCUT2D eigenvalue weighted by molar-refractivity contribution is -0.139. The number of rotatable bonds is 2. The van der Waals surface area contributed by atoms with Crippen molar-refractivity contribution in [2.75, 3.05) is 24.5 Å². The van der Waals surface area contributed by atoms with E-state index in [2.05, 4.69) is 0 Å². The van der Waals surface area contributed by atoms with Crippen molar-refractivity contribution in [2.45, 2.75) is 31.3 Å². The third-order valence-corrected chi connectivity index (χ3v) is 6.85. The van der Waals surface area contributed by atoms with Crippen LogP contribution in [0.4, 0.5) is 5.69 Å². The van der Waals surface area contributed by atoms with Crippen LogP contribution in [-0.4, -0.2) is 47.7 Å². The summed E-state index contributed by atoms with van der Waals surface area (Å²) in [5, 5.41) is 0.608. The zero-order valence-corrected chi connectivity index (χ0v) is 17.8. The van der Waals surface area contributed by atoms with Crippen LogP contribution in [0.5, 0.6) is 5.75 Å². The molecule has 2 aromatic rings. The molecule has 2 amide bonds. The Bertz CT molecular complexity index is 1040. The number of Topliss-reactive ketones (excluding diaryl/α,β-unsaturated/α-hetero) is 1. The summed E-state index contributed by atoms with van der Waals surface area (Å²) in [6.45, 7) is 1.43. The number of carbonyl (C=O) groups excluding carboxylic acids is 3. The molecule has 2 aromatic carbocycles.